The average Bonchev–Trinajstić information content (AvgIpc) is 2.61. The molecule has 1 atom stereocenters. The summed E-state index contributed by atoms with van der Waals surface area (Å²) in [6, 6.07) is 8.71. The van der Waals surface area contributed by atoms with E-state index >= 15 is 0 Å². The predicted molar refractivity (Wildman–Crippen MR) is 99.7 cm³/mol. The van der Waals surface area contributed by atoms with E-state index in [0.29, 0.717) is 5.92 Å². The molecule has 2 heteroatoms. The fourth-order valence-electron chi connectivity index (χ4n) is 4.02. The summed E-state index contributed by atoms with van der Waals surface area (Å²) in [7, 11) is 0. The number of hydrogen-bond acceptors (Lipinski definition) is 2. The Hall–Kier alpha value is -2.09. The third-order valence-corrected chi connectivity index (χ3v) is 5.32. The standard InChI is InChI=1S/C22H25NO/c1-3-7-21-18-13-17-12-15(2)10-11-19(17)23-20(18)14-22(24-21)16-8-5-4-6-9-16/h3,10-14,16,21H,1,4-9H2,2H3. The van der Waals surface area contributed by atoms with Crippen LogP contribution in [-0.4, -0.2) is 4.98 Å². The highest BCUT2D eigenvalue weighted by molar-refractivity contribution is 5.82. The van der Waals surface area contributed by atoms with Crippen LogP contribution in [-0.2, 0) is 4.74 Å². The zero-order valence-electron chi connectivity index (χ0n) is 14.4. The molecule has 1 saturated carbocycles. The van der Waals surface area contributed by atoms with E-state index in [9.17, 15) is 0 Å². The maximum atomic E-state index is 6.42. The summed E-state index contributed by atoms with van der Waals surface area (Å²) in [6.45, 7) is 6.04. The van der Waals surface area contributed by atoms with Crippen LogP contribution in [0.4, 0.5) is 0 Å². The highest BCUT2D eigenvalue weighted by atomic mass is 16.5. The van der Waals surface area contributed by atoms with E-state index in [1.54, 1.807) is 0 Å². The van der Waals surface area contributed by atoms with Crippen molar-refractivity contribution in [1.82, 2.24) is 4.98 Å². The van der Waals surface area contributed by atoms with Gasteiger partial charge in [-0.15, -0.1) is 6.58 Å². The lowest BCUT2D eigenvalue weighted by atomic mass is 9.86. The summed E-state index contributed by atoms with van der Waals surface area (Å²) in [6.07, 6.45) is 11.5. The number of aromatic nitrogens is 1. The van der Waals surface area contributed by atoms with Gasteiger partial charge in [-0.05, 0) is 38.0 Å². The van der Waals surface area contributed by atoms with Crippen LogP contribution in [0.3, 0.4) is 0 Å². The molecule has 2 aliphatic rings. The van der Waals surface area contributed by atoms with E-state index in [0.717, 1.165) is 23.4 Å². The third kappa shape index (κ3) is 2.86. The summed E-state index contributed by atoms with van der Waals surface area (Å²) in [5.41, 5.74) is 4.62. The summed E-state index contributed by atoms with van der Waals surface area (Å²) < 4.78 is 6.42. The molecule has 0 spiro atoms. The molecule has 2 aromatic rings. The van der Waals surface area contributed by atoms with Gasteiger partial charge >= 0.3 is 0 Å². The van der Waals surface area contributed by atoms with E-state index in [-0.39, 0.29) is 6.10 Å². The van der Waals surface area contributed by atoms with Gasteiger partial charge in [0, 0.05) is 29.4 Å². The molecule has 4 rings (SSSR count). The Balaban J connectivity index is 1.80. The normalized spacial score (nSPS) is 21.0. The smallest absolute Gasteiger partial charge is 0.129 e. The molecule has 2 nitrogen and oxygen atoms in total. The van der Waals surface area contributed by atoms with Crippen molar-refractivity contribution in [1.29, 1.82) is 0 Å². The van der Waals surface area contributed by atoms with E-state index in [1.165, 1.54) is 48.6 Å². The molecule has 1 aliphatic heterocycles. The van der Waals surface area contributed by atoms with Crippen LogP contribution in [0.15, 0.2) is 42.7 Å². The predicted octanol–water partition coefficient (Wildman–Crippen LogP) is 6.11. The number of benzene rings is 1. The minimum absolute atomic E-state index is 0.0526. The minimum atomic E-state index is 0.0526. The van der Waals surface area contributed by atoms with E-state index < -0.39 is 0 Å². The Morgan fingerprint density at radius 3 is 2.83 bits per heavy atom. The first-order valence-corrected chi connectivity index (χ1v) is 9.15. The molecule has 0 radical (unpaired) electrons. The van der Waals surface area contributed by atoms with Gasteiger partial charge in [-0.1, -0.05) is 37.0 Å². The maximum Gasteiger partial charge on any atom is 0.129 e. The van der Waals surface area contributed by atoms with Crippen LogP contribution in [0.25, 0.3) is 17.0 Å². The fraction of sp³-hybridized carbons (Fsp3) is 0.409. The van der Waals surface area contributed by atoms with Crippen LogP contribution < -0.4 is 0 Å². The van der Waals surface area contributed by atoms with Gasteiger partial charge in [0.25, 0.3) is 0 Å². The van der Waals surface area contributed by atoms with Crippen molar-refractivity contribution in [2.75, 3.05) is 0 Å². The van der Waals surface area contributed by atoms with E-state index in [4.69, 9.17) is 9.72 Å². The Labute approximate surface area is 144 Å². The zero-order valence-corrected chi connectivity index (χ0v) is 14.4. The number of aryl methyl sites for hydroxylation is 1. The second kappa shape index (κ2) is 6.43. The molecule has 1 unspecified atom stereocenters. The number of hydrogen-bond donors (Lipinski definition) is 0. The number of allylic oxidation sites excluding steroid dienone is 1. The molecule has 1 aromatic heterocycles. The van der Waals surface area contributed by atoms with Gasteiger partial charge in [0.15, 0.2) is 0 Å². The quantitative estimate of drug-likeness (QED) is 0.637. The molecule has 1 fully saturated rings. The maximum absolute atomic E-state index is 6.42. The van der Waals surface area contributed by atoms with Crippen LogP contribution in [0, 0.1) is 12.8 Å². The first-order chi connectivity index (χ1) is 11.7. The molecular weight excluding hydrogens is 294 g/mol. The summed E-state index contributed by atoms with van der Waals surface area (Å²) >= 11 is 0. The molecule has 1 aromatic carbocycles. The van der Waals surface area contributed by atoms with Gasteiger partial charge in [0.1, 0.15) is 11.9 Å². The zero-order chi connectivity index (χ0) is 16.5. The molecule has 0 bridgehead atoms. The lowest BCUT2D eigenvalue weighted by molar-refractivity contribution is 0.0845. The van der Waals surface area contributed by atoms with Gasteiger partial charge < -0.3 is 4.74 Å². The number of ether oxygens (including phenoxy) is 1. The largest absolute Gasteiger partial charge is 0.489 e. The van der Waals surface area contributed by atoms with Crippen LogP contribution in [0.5, 0.6) is 0 Å². The second-order valence-electron chi connectivity index (χ2n) is 7.17. The third-order valence-electron chi connectivity index (χ3n) is 5.32. The van der Waals surface area contributed by atoms with Crippen molar-refractivity contribution in [3.63, 3.8) is 0 Å². The lowest BCUT2D eigenvalue weighted by Gasteiger charge is -2.32. The fourth-order valence-corrected chi connectivity index (χ4v) is 4.02. The van der Waals surface area contributed by atoms with Gasteiger partial charge in [-0.3, -0.25) is 0 Å². The van der Waals surface area contributed by atoms with Crippen molar-refractivity contribution in [3.05, 3.63) is 59.5 Å². The van der Waals surface area contributed by atoms with Gasteiger partial charge in [-0.25, -0.2) is 4.98 Å². The Bertz CT molecular complexity index is 799. The molecule has 24 heavy (non-hydrogen) atoms. The Morgan fingerprint density at radius 1 is 1.21 bits per heavy atom. The molecular formula is C22H25NO. The van der Waals surface area contributed by atoms with E-state index in [2.05, 4.69) is 43.8 Å². The summed E-state index contributed by atoms with van der Waals surface area (Å²) in [5, 5.41) is 1.20. The van der Waals surface area contributed by atoms with Gasteiger partial charge in [-0.2, -0.15) is 0 Å². The number of nitrogens with zero attached hydrogens (tertiary/aromatic N) is 1. The SMILES string of the molecule is C=CCC1OC(C2CCCCC2)=Cc2nc3ccc(C)cc3cc21. The first kappa shape index (κ1) is 15.4. The summed E-state index contributed by atoms with van der Waals surface area (Å²) in [4.78, 5) is 4.94. The highest BCUT2D eigenvalue weighted by Gasteiger charge is 2.28. The topological polar surface area (TPSA) is 22.1 Å². The molecule has 0 N–H and O–H groups in total. The number of fused-ring (bicyclic) bond motifs is 2. The molecule has 1 aliphatic carbocycles. The van der Waals surface area contributed by atoms with Crippen molar-refractivity contribution in [3.8, 4) is 0 Å². The lowest BCUT2D eigenvalue weighted by Crippen LogP contribution is -2.18. The number of rotatable bonds is 3. The van der Waals surface area contributed by atoms with Crippen LogP contribution >= 0.6 is 0 Å². The van der Waals surface area contributed by atoms with Gasteiger partial charge in [0.05, 0.1) is 11.2 Å². The van der Waals surface area contributed by atoms with Crippen LogP contribution in [0.1, 0.15) is 61.4 Å². The molecule has 0 saturated heterocycles. The summed E-state index contributed by atoms with van der Waals surface area (Å²) in [5.74, 6) is 1.71. The second-order valence-corrected chi connectivity index (χ2v) is 7.17. The van der Waals surface area contributed by atoms with Crippen molar-refractivity contribution >= 4 is 17.0 Å². The van der Waals surface area contributed by atoms with Crippen molar-refractivity contribution in [2.45, 2.75) is 51.6 Å². The minimum Gasteiger partial charge on any atom is -0.489 e. The van der Waals surface area contributed by atoms with Gasteiger partial charge in [0.2, 0.25) is 0 Å². The Morgan fingerprint density at radius 2 is 2.04 bits per heavy atom. The van der Waals surface area contributed by atoms with Crippen LogP contribution in [0.2, 0.25) is 0 Å². The average molecular weight is 319 g/mol. The van der Waals surface area contributed by atoms with Crippen molar-refractivity contribution in [2.24, 2.45) is 5.92 Å². The molecule has 0 amide bonds. The number of pyridine rings is 1. The molecule has 124 valence electrons. The highest BCUT2D eigenvalue weighted by Crippen LogP contribution is 2.40. The monoisotopic (exact) mass is 319 g/mol. The molecule has 2 heterocycles. The Kier molecular flexibility index (Phi) is 4.13. The van der Waals surface area contributed by atoms with E-state index in [1.807, 2.05) is 6.08 Å². The first-order valence-electron chi connectivity index (χ1n) is 9.15. The van der Waals surface area contributed by atoms with Crippen molar-refractivity contribution < 1.29 is 4.74 Å².